The van der Waals surface area contributed by atoms with E-state index in [1.807, 2.05) is 20.8 Å². The van der Waals surface area contributed by atoms with E-state index in [2.05, 4.69) is 15.1 Å². The second-order valence-corrected chi connectivity index (χ2v) is 6.77. The van der Waals surface area contributed by atoms with Gasteiger partial charge in [0.1, 0.15) is 5.15 Å². The number of carbonyl (C=O) groups excluding carboxylic acids is 1. The van der Waals surface area contributed by atoms with Gasteiger partial charge in [0, 0.05) is 10.8 Å². The Balaban J connectivity index is 1.71. The quantitative estimate of drug-likeness (QED) is 0.528. The van der Waals surface area contributed by atoms with Crippen molar-refractivity contribution in [2.75, 3.05) is 0 Å². The minimum atomic E-state index is -0.470. The van der Waals surface area contributed by atoms with Crippen molar-refractivity contribution in [3.63, 3.8) is 0 Å². The number of halogens is 1. The van der Waals surface area contributed by atoms with Crippen molar-refractivity contribution in [3.8, 4) is 0 Å². The summed E-state index contributed by atoms with van der Waals surface area (Å²) in [5.41, 5.74) is 0.909. The zero-order valence-corrected chi connectivity index (χ0v) is 14.3. The van der Waals surface area contributed by atoms with E-state index < -0.39 is 5.97 Å². The van der Waals surface area contributed by atoms with Gasteiger partial charge in [-0.15, -0.1) is 0 Å². The van der Waals surface area contributed by atoms with Crippen molar-refractivity contribution in [3.05, 3.63) is 52.8 Å². The van der Waals surface area contributed by atoms with Crippen LogP contribution in [0.25, 0.3) is 10.9 Å². The molecular weight excluding hydrogens is 330 g/mol. The van der Waals surface area contributed by atoms with Crippen LogP contribution < -0.4 is 0 Å². The van der Waals surface area contributed by atoms with Crippen molar-refractivity contribution >= 4 is 28.5 Å². The molecule has 0 aliphatic rings. The van der Waals surface area contributed by atoms with Gasteiger partial charge in [-0.25, -0.2) is 9.78 Å². The minimum absolute atomic E-state index is 0.0706. The number of aromatic nitrogens is 3. The third kappa shape index (κ3) is 3.54. The number of hydrogen-bond donors (Lipinski definition) is 0. The fourth-order valence-corrected chi connectivity index (χ4v) is 2.21. The van der Waals surface area contributed by atoms with Crippen LogP contribution >= 0.6 is 11.6 Å². The van der Waals surface area contributed by atoms with Crippen LogP contribution in [0.3, 0.4) is 0 Å². The first-order chi connectivity index (χ1) is 11.3. The molecule has 6 nitrogen and oxygen atoms in total. The van der Waals surface area contributed by atoms with E-state index in [1.54, 1.807) is 30.3 Å². The predicted molar refractivity (Wildman–Crippen MR) is 88.9 cm³/mol. The van der Waals surface area contributed by atoms with E-state index in [1.165, 1.54) is 0 Å². The summed E-state index contributed by atoms with van der Waals surface area (Å²) in [6.45, 7) is 5.86. The highest BCUT2D eigenvalue weighted by Gasteiger charge is 2.21. The molecule has 24 heavy (non-hydrogen) atoms. The molecule has 0 spiro atoms. The number of carbonyl (C=O) groups is 1. The number of hydrogen-bond acceptors (Lipinski definition) is 6. The first kappa shape index (κ1) is 16.4. The molecule has 0 amide bonds. The molecule has 124 valence electrons. The van der Waals surface area contributed by atoms with Gasteiger partial charge in [0.25, 0.3) is 5.89 Å². The van der Waals surface area contributed by atoms with Crippen molar-refractivity contribution < 1.29 is 14.1 Å². The molecule has 0 atom stereocenters. The van der Waals surface area contributed by atoms with Gasteiger partial charge in [-0.05, 0) is 30.3 Å². The maximum absolute atomic E-state index is 12.2. The summed E-state index contributed by atoms with van der Waals surface area (Å²) in [6, 6.07) is 8.54. The molecule has 7 heteroatoms. The molecule has 3 rings (SSSR count). The molecule has 0 radical (unpaired) electrons. The zero-order chi connectivity index (χ0) is 17.3. The van der Waals surface area contributed by atoms with E-state index in [9.17, 15) is 4.79 Å². The Bertz CT molecular complexity index is 899. The summed E-state index contributed by atoms with van der Waals surface area (Å²) in [6.07, 6.45) is 0. The summed E-state index contributed by atoms with van der Waals surface area (Å²) in [5, 5.41) is 5.10. The molecule has 0 aliphatic carbocycles. The molecule has 2 aromatic heterocycles. The van der Waals surface area contributed by atoms with Crippen LogP contribution in [0.15, 0.2) is 34.9 Å². The van der Waals surface area contributed by atoms with Gasteiger partial charge < -0.3 is 9.26 Å². The maximum atomic E-state index is 12.2. The highest BCUT2D eigenvalue weighted by atomic mass is 35.5. The number of esters is 1. The zero-order valence-electron chi connectivity index (χ0n) is 13.5. The highest BCUT2D eigenvalue weighted by Crippen LogP contribution is 2.20. The van der Waals surface area contributed by atoms with Gasteiger partial charge in [-0.1, -0.05) is 37.5 Å². The van der Waals surface area contributed by atoms with Gasteiger partial charge in [-0.2, -0.15) is 4.98 Å². The molecule has 0 saturated carbocycles. The molecule has 2 heterocycles. The number of nitrogens with zero attached hydrogens (tertiary/aromatic N) is 3. The van der Waals surface area contributed by atoms with Crippen LogP contribution in [0.5, 0.6) is 0 Å². The summed E-state index contributed by atoms with van der Waals surface area (Å²) in [4.78, 5) is 20.6. The molecule has 1 aromatic carbocycles. The van der Waals surface area contributed by atoms with Gasteiger partial charge in [0.2, 0.25) is 0 Å². The summed E-state index contributed by atoms with van der Waals surface area (Å²) >= 11 is 5.85. The van der Waals surface area contributed by atoms with Crippen molar-refractivity contribution in [1.29, 1.82) is 0 Å². The fourth-order valence-electron chi connectivity index (χ4n) is 2.06. The lowest BCUT2D eigenvalue weighted by Gasteiger charge is -2.10. The van der Waals surface area contributed by atoms with Crippen LogP contribution in [0.4, 0.5) is 0 Å². The van der Waals surface area contributed by atoms with Gasteiger partial charge >= 0.3 is 5.97 Å². The standard InChI is InChI=1S/C17H16ClN3O3/c1-17(2,3)16-20-14(24-21-16)9-23-15(22)11-4-6-12-10(8-11)5-7-13(18)19-12/h4-8H,9H2,1-3H3. The Hall–Kier alpha value is -2.47. The minimum Gasteiger partial charge on any atom is -0.452 e. The van der Waals surface area contributed by atoms with Gasteiger partial charge in [0.05, 0.1) is 11.1 Å². The molecule has 0 bridgehead atoms. The van der Waals surface area contributed by atoms with Crippen LogP contribution in [-0.4, -0.2) is 21.1 Å². The average Bonchev–Trinajstić information content (AvgIpc) is 3.01. The van der Waals surface area contributed by atoms with Crippen LogP contribution in [0, 0.1) is 0 Å². The maximum Gasteiger partial charge on any atom is 0.338 e. The monoisotopic (exact) mass is 345 g/mol. The van der Waals surface area contributed by atoms with Crippen LogP contribution in [-0.2, 0) is 16.8 Å². The van der Waals surface area contributed by atoms with Gasteiger partial charge in [-0.3, -0.25) is 0 Å². The first-order valence-corrected chi connectivity index (χ1v) is 7.77. The molecule has 3 aromatic rings. The average molecular weight is 346 g/mol. The van der Waals surface area contributed by atoms with Crippen LogP contribution in [0.1, 0.15) is 42.8 Å². The number of rotatable bonds is 3. The molecule has 0 unspecified atom stereocenters. The summed E-state index contributed by atoms with van der Waals surface area (Å²) in [7, 11) is 0. The largest absolute Gasteiger partial charge is 0.452 e. The molecule has 0 fully saturated rings. The Labute approximate surface area is 143 Å². The summed E-state index contributed by atoms with van der Waals surface area (Å²) < 4.78 is 10.3. The summed E-state index contributed by atoms with van der Waals surface area (Å²) in [5.74, 6) is 0.368. The lowest BCUT2D eigenvalue weighted by molar-refractivity contribution is 0.0430. The second kappa shape index (κ2) is 6.20. The predicted octanol–water partition coefficient (Wildman–Crippen LogP) is 3.93. The number of pyridine rings is 1. The Morgan fingerprint density at radius 3 is 2.71 bits per heavy atom. The van der Waals surface area contributed by atoms with E-state index in [0.29, 0.717) is 22.1 Å². The number of ether oxygens (including phenoxy) is 1. The molecule has 0 aliphatic heterocycles. The Kier molecular flexibility index (Phi) is 4.24. The lowest BCUT2D eigenvalue weighted by Crippen LogP contribution is -2.13. The van der Waals surface area contributed by atoms with E-state index in [4.69, 9.17) is 20.9 Å². The third-order valence-corrected chi connectivity index (χ3v) is 3.57. The third-order valence-electron chi connectivity index (χ3n) is 3.36. The number of fused-ring (bicyclic) bond motifs is 1. The Morgan fingerprint density at radius 1 is 1.21 bits per heavy atom. The number of benzene rings is 1. The van der Waals surface area contributed by atoms with Crippen molar-refractivity contribution in [1.82, 2.24) is 15.1 Å². The smallest absolute Gasteiger partial charge is 0.338 e. The van der Waals surface area contributed by atoms with E-state index in [-0.39, 0.29) is 17.9 Å². The molecular formula is C17H16ClN3O3. The lowest BCUT2D eigenvalue weighted by atomic mass is 9.96. The SMILES string of the molecule is CC(C)(C)c1noc(COC(=O)c2ccc3nc(Cl)ccc3c2)n1. The normalized spacial score (nSPS) is 11.7. The Morgan fingerprint density at radius 2 is 2.00 bits per heavy atom. The first-order valence-electron chi connectivity index (χ1n) is 7.39. The van der Waals surface area contributed by atoms with E-state index in [0.717, 1.165) is 5.39 Å². The van der Waals surface area contributed by atoms with Gasteiger partial charge in [0.15, 0.2) is 12.4 Å². The fraction of sp³-hybridized carbons (Fsp3) is 0.294. The van der Waals surface area contributed by atoms with E-state index >= 15 is 0 Å². The van der Waals surface area contributed by atoms with Crippen molar-refractivity contribution in [2.45, 2.75) is 32.8 Å². The topological polar surface area (TPSA) is 78.1 Å². The van der Waals surface area contributed by atoms with Crippen LogP contribution in [0.2, 0.25) is 5.15 Å². The van der Waals surface area contributed by atoms with Crippen molar-refractivity contribution in [2.24, 2.45) is 0 Å². The highest BCUT2D eigenvalue weighted by molar-refractivity contribution is 6.29. The second-order valence-electron chi connectivity index (χ2n) is 6.38. The molecule has 0 saturated heterocycles. The molecule has 0 N–H and O–H groups in total.